The quantitative estimate of drug-likeness (QED) is 0.833. The summed E-state index contributed by atoms with van der Waals surface area (Å²) < 4.78 is 18.1. The monoisotopic (exact) mass is 246 g/mol. The Balaban J connectivity index is 1.76. The molecule has 94 valence electrons. The molecule has 2 heterocycles. The minimum Gasteiger partial charge on any atom is -0.360 e. The molecule has 0 radical (unpaired) electrons. The fourth-order valence-electron chi connectivity index (χ4n) is 2.60. The molecule has 3 rings (SSSR count). The SMILES string of the molecule is Fc1ccc([C@H]2CCCN2Cc2ccno2)cc1. The molecule has 4 heteroatoms. The zero-order chi connectivity index (χ0) is 12.4. The number of hydrogen-bond acceptors (Lipinski definition) is 3. The average molecular weight is 246 g/mol. The second-order valence-corrected chi connectivity index (χ2v) is 4.66. The van der Waals surface area contributed by atoms with Crippen molar-refractivity contribution in [3.63, 3.8) is 0 Å². The van der Waals surface area contributed by atoms with Gasteiger partial charge in [0.1, 0.15) is 5.82 Å². The Morgan fingerprint density at radius 3 is 2.83 bits per heavy atom. The lowest BCUT2D eigenvalue weighted by Gasteiger charge is -2.23. The summed E-state index contributed by atoms with van der Waals surface area (Å²) in [7, 11) is 0. The highest BCUT2D eigenvalue weighted by Crippen LogP contribution is 2.33. The van der Waals surface area contributed by atoms with E-state index in [1.54, 1.807) is 6.20 Å². The van der Waals surface area contributed by atoms with Gasteiger partial charge in [0.15, 0.2) is 5.76 Å². The molecule has 18 heavy (non-hydrogen) atoms. The highest BCUT2D eigenvalue weighted by molar-refractivity contribution is 5.21. The minimum atomic E-state index is -0.182. The van der Waals surface area contributed by atoms with Gasteiger partial charge in [-0.2, -0.15) is 0 Å². The van der Waals surface area contributed by atoms with Crippen LogP contribution in [0.3, 0.4) is 0 Å². The van der Waals surface area contributed by atoms with Crippen LogP contribution >= 0.6 is 0 Å². The minimum absolute atomic E-state index is 0.182. The van der Waals surface area contributed by atoms with Crippen LogP contribution in [0, 0.1) is 5.82 Å². The van der Waals surface area contributed by atoms with Gasteiger partial charge in [-0.25, -0.2) is 4.39 Å². The highest BCUT2D eigenvalue weighted by atomic mass is 19.1. The van der Waals surface area contributed by atoms with Crippen molar-refractivity contribution in [3.8, 4) is 0 Å². The maximum atomic E-state index is 12.9. The average Bonchev–Trinajstić information content (AvgIpc) is 3.02. The Kier molecular flexibility index (Phi) is 3.11. The summed E-state index contributed by atoms with van der Waals surface area (Å²) >= 11 is 0. The topological polar surface area (TPSA) is 29.3 Å². The number of likely N-dealkylation sites (tertiary alicyclic amines) is 1. The van der Waals surface area contributed by atoms with Crippen LogP contribution in [0.4, 0.5) is 4.39 Å². The summed E-state index contributed by atoms with van der Waals surface area (Å²) in [4.78, 5) is 2.35. The summed E-state index contributed by atoms with van der Waals surface area (Å²) in [5.74, 6) is 0.697. The molecule has 2 aromatic rings. The summed E-state index contributed by atoms with van der Waals surface area (Å²) in [5, 5.41) is 3.72. The first-order valence-corrected chi connectivity index (χ1v) is 6.22. The summed E-state index contributed by atoms with van der Waals surface area (Å²) in [5.41, 5.74) is 1.17. The number of nitrogens with zero attached hydrogens (tertiary/aromatic N) is 2. The molecule has 0 amide bonds. The van der Waals surface area contributed by atoms with Crippen molar-refractivity contribution >= 4 is 0 Å². The molecule has 1 aromatic heterocycles. The largest absolute Gasteiger partial charge is 0.360 e. The first kappa shape index (κ1) is 11.4. The van der Waals surface area contributed by atoms with E-state index in [4.69, 9.17) is 4.52 Å². The van der Waals surface area contributed by atoms with Gasteiger partial charge in [-0.1, -0.05) is 17.3 Å². The van der Waals surface area contributed by atoms with Crippen LogP contribution in [-0.4, -0.2) is 16.6 Å². The van der Waals surface area contributed by atoms with Gasteiger partial charge in [0.25, 0.3) is 0 Å². The molecule has 1 saturated heterocycles. The van der Waals surface area contributed by atoms with Gasteiger partial charge in [0.05, 0.1) is 12.7 Å². The number of benzene rings is 1. The van der Waals surface area contributed by atoms with E-state index in [-0.39, 0.29) is 5.82 Å². The fraction of sp³-hybridized carbons (Fsp3) is 0.357. The van der Waals surface area contributed by atoms with Gasteiger partial charge in [-0.05, 0) is 37.1 Å². The molecule has 0 aliphatic carbocycles. The first-order chi connectivity index (χ1) is 8.83. The molecule has 0 unspecified atom stereocenters. The third-order valence-corrected chi connectivity index (χ3v) is 3.47. The summed E-state index contributed by atoms with van der Waals surface area (Å²) in [6, 6.07) is 9.05. The number of halogens is 1. The van der Waals surface area contributed by atoms with Crippen molar-refractivity contribution in [3.05, 3.63) is 53.7 Å². The van der Waals surface area contributed by atoms with Crippen LogP contribution in [-0.2, 0) is 6.54 Å². The Hall–Kier alpha value is -1.68. The molecule has 0 bridgehead atoms. The molecule has 0 N–H and O–H groups in total. The van der Waals surface area contributed by atoms with Crippen molar-refractivity contribution < 1.29 is 8.91 Å². The molecule has 0 spiro atoms. The van der Waals surface area contributed by atoms with E-state index < -0.39 is 0 Å². The zero-order valence-corrected chi connectivity index (χ0v) is 10.1. The van der Waals surface area contributed by atoms with Crippen molar-refractivity contribution in [2.24, 2.45) is 0 Å². The van der Waals surface area contributed by atoms with Crippen LogP contribution in [0.2, 0.25) is 0 Å². The molecule has 1 aliphatic heterocycles. The molecule has 3 nitrogen and oxygen atoms in total. The van der Waals surface area contributed by atoms with Gasteiger partial charge in [0.2, 0.25) is 0 Å². The van der Waals surface area contributed by atoms with Crippen LogP contribution in [0.15, 0.2) is 41.1 Å². The molecule has 1 aromatic carbocycles. The zero-order valence-electron chi connectivity index (χ0n) is 10.1. The van der Waals surface area contributed by atoms with E-state index in [2.05, 4.69) is 10.1 Å². The van der Waals surface area contributed by atoms with Crippen molar-refractivity contribution in [1.29, 1.82) is 0 Å². The first-order valence-electron chi connectivity index (χ1n) is 6.22. The lowest BCUT2D eigenvalue weighted by molar-refractivity contribution is 0.217. The van der Waals surface area contributed by atoms with Crippen LogP contribution < -0.4 is 0 Å². The summed E-state index contributed by atoms with van der Waals surface area (Å²) in [6.07, 6.45) is 3.94. The van der Waals surface area contributed by atoms with Gasteiger partial charge in [-0.15, -0.1) is 0 Å². The van der Waals surface area contributed by atoms with Crippen LogP contribution in [0.5, 0.6) is 0 Å². The van der Waals surface area contributed by atoms with Crippen molar-refractivity contribution in [2.75, 3.05) is 6.54 Å². The Labute approximate surface area is 105 Å². The molecule has 1 fully saturated rings. The Morgan fingerprint density at radius 1 is 1.28 bits per heavy atom. The Bertz CT molecular complexity index is 495. The van der Waals surface area contributed by atoms with Crippen LogP contribution in [0.25, 0.3) is 0 Å². The maximum absolute atomic E-state index is 12.9. The second kappa shape index (κ2) is 4.90. The molecule has 0 saturated carbocycles. The smallest absolute Gasteiger partial charge is 0.150 e. The normalized spacial score (nSPS) is 20.4. The number of aromatic nitrogens is 1. The van der Waals surface area contributed by atoms with E-state index in [1.807, 2.05) is 18.2 Å². The van der Waals surface area contributed by atoms with Gasteiger partial charge < -0.3 is 4.52 Å². The van der Waals surface area contributed by atoms with Gasteiger partial charge in [0, 0.05) is 12.1 Å². The predicted molar refractivity (Wildman–Crippen MR) is 65.3 cm³/mol. The number of rotatable bonds is 3. The van der Waals surface area contributed by atoms with E-state index in [9.17, 15) is 4.39 Å². The number of hydrogen-bond donors (Lipinski definition) is 0. The van der Waals surface area contributed by atoms with Crippen molar-refractivity contribution in [1.82, 2.24) is 10.1 Å². The van der Waals surface area contributed by atoms with E-state index in [1.165, 1.54) is 17.7 Å². The summed E-state index contributed by atoms with van der Waals surface area (Å²) in [6.45, 7) is 1.81. The second-order valence-electron chi connectivity index (χ2n) is 4.66. The third-order valence-electron chi connectivity index (χ3n) is 3.47. The molecular formula is C14H15FN2O. The van der Waals surface area contributed by atoms with Crippen LogP contribution in [0.1, 0.15) is 30.2 Å². The Morgan fingerprint density at radius 2 is 2.11 bits per heavy atom. The maximum Gasteiger partial charge on any atom is 0.150 e. The van der Waals surface area contributed by atoms with E-state index in [0.717, 1.165) is 31.7 Å². The molecular weight excluding hydrogens is 231 g/mol. The standard InChI is InChI=1S/C14H15FN2O/c15-12-5-3-11(4-6-12)14-2-1-9-17(14)10-13-7-8-16-18-13/h3-8,14H,1-2,9-10H2/t14-/m1/s1. The van der Waals surface area contributed by atoms with E-state index in [0.29, 0.717) is 6.04 Å². The lowest BCUT2D eigenvalue weighted by atomic mass is 10.0. The molecule has 1 atom stereocenters. The fourth-order valence-corrected chi connectivity index (χ4v) is 2.60. The predicted octanol–water partition coefficient (Wildman–Crippen LogP) is 3.15. The van der Waals surface area contributed by atoms with Gasteiger partial charge in [-0.3, -0.25) is 4.90 Å². The third kappa shape index (κ3) is 2.29. The van der Waals surface area contributed by atoms with E-state index >= 15 is 0 Å². The molecule has 1 aliphatic rings. The lowest BCUT2D eigenvalue weighted by Crippen LogP contribution is -2.22. The van der Waals surface area contributed by atoms with Crippen molar-refractivity contribution in [2.45, 2.75) is 25.4 Å². The van der Waals surface area contributed by atoms with Gasteiger partial charge >= 0.3 is 0 Å². The highest BCUT2D eigenvalue weighted by Gasteiger charge is 2.26.